The SMILES string of the molecule is OC(c1ccccc1)c1sc2c(Br)c(C(O)c3ccccc3)sc2c1Br. The lowest BCUT2D eigenvalue weighted by atomic mass is 10.1. The number of hydrogen-bond acceptors (Lipinski definition) is 4. The van der Waals surface area contributed by atoms with Gasteiger partial charge in [-0.1, -0.05) is 60.7 Å². The topological polar surface area (TPSA) is 40.5 Å². The number of benzene rings is 2. The molecule has 2 atom stereocenters. The standard InChI is InChI=1S/C20H14Br2O2S2/c21-13-17(15(23)11-7-3-1-4-8-11)25-20-14(22)18(26-19(13)20)16(24)12-9-5-2-6-10-12/h1-10,15-16,23-24H. The van der Waals surface area contributed by atoms with Gasteiger partial charge in [0.05, 0.1) is 28.1 Å². The fourth-order valence-corrected chi connectivity index (χ4v) is 7.39. The molecule has 0 amide bonds. The zero-order valence-electron chi connectivity index (χ0n) is 13.4. The van der Waals surface area contributed by atoms with Crippen molar-refractivity contribution in [2.24, 2.45) is 0 Å². The van der Waals surface area contributed by atoms with Gasteiger partial charge in [-0.15, -0.1) is 22.7 Å². The molecule has 0 aliphatic carbocycles. The van der Waals surface area contributed by atoms with Crippen molar-refractivity contribution in [1.82, 2.24) is 0 Å². The van der Waals surface area contributed by atoms with Crippen LogP contribution in [-0.2, 0) is 0 Å². The lowest BCUT2D eigenvalue weighted by Gasteiger charge is -2.11. The second kappa shape index (κ2) is 7.54. The van der Waals surface area contributed by atoms with Crippen molar-refractivity contribution in [3.05, 3.63) is 90.5 Å². The summed E-state index contributed by atoms with van der Waals surface area (Å²) in [7, 11) is 0. The largest absolute Gasteiger partial charge is 0.383 e. The molecule has 2 N–H and O–H groups in total. The van der Waals surface area contributed by atoms with Crippen molar-refractivity contribution in [3.8, 4) is 0 Å². The maximum absolute atomic E-state index is 10.8. The van der Waals surface area contributed by atoms with Crippen LogP contribution >= 0.6 is 54.5 Å². The molecule has 26 heavy (non-hydrogen) atoms. The Morgan fingerprint density at radius 1 is 0.615 bits per heavy atom. The molecule has 2 nitrogen and oxygen atoms in total. The van der Waals surface area contributed by atoms with E-state index in [9.17, 15) is 10.2 Å². The van der Waals surface area contributed by atoms with Gasteiger partial charge < -0.3 is 10.2 Å². The third-order valence-corrected chi connectivity index (χ3v) is 9.53. The molecule has 2 heterocycles. The lowest BCUT2D eigenvalue weighted by molar-refractivity contribution is 0.223. The number of aliphatic hydroxyl groups is 2. The highest BCUT2D eigenvalue weighted by Crippen LogP contribution is 2.51. The Bertz CT molecular complexity index is 957. The second-order valence-corrected chi connectivity index (χ2v) is 9.54. The van der Waals surface area contributed by atoms with Crippen LogP contribution in [0.3, 0.4) is 0 Å². The molecule has 0 aliphatic rings. The van der Waals surface area contributed by atoms with Crippen molar-refractivity contribution in [1.29, 1.82) is 0 Å². The van der Waals surface area contributed by atoms with E-state index in [2.05, 4.69) is 31.9 Å². The first-order valence-electron chi connectivity index (χ1n) is 7.94. The number of thiophene rings is 2. The maximum atomic E-state index is 10.8. The average molecular weight is 510 g/mol. The van der Waals surface area contributed by atoms with Gasteiger partial charge in [-0.05, 0) is 43.0 Å². The Morgan fingerprint density at radius 2 is 0.962 bits per heavy atom. The van der Waals surface area contributed by atoms with Crippen LogP contribution in [0, 0.1) is 0 Å². The Kier molecular flexibility index (Phi) is 5.32. The van der Waals surface area contributed by atoms with Gasteiger partial charge in [-0.3, -0.25) is 0 Å². The second-order valence-electron chi connectivity index (χ2n) is 5.85. The summed E-state index contributed by atoms with van der Waals surface area (Å²) in [5.41, 5.74) is 1.73. The average Bonchev–Trinajstić information content (AvgIpc) is 3.19. The van der Waals surface area contributed by atoms with Gasteiger partial charge in [0.15, 0.2) is 0 Å². The summed E-state index contributed by atoms with van der Waals surface area (Å²) in [6.07, 6.45) is -1.35. The molecule has 2 unspecified atom stereocenters. The minimum absolute atomic E-state index is 0.676. The predicted octanol–water partition coefficient (Wildman–Crippen LogP) is 6.65. The first-order chi connectivity index (χ1) is 12.6. The van der Waals surface area contributed by atoms with Crippen LogP contribution < -0.4 is 0 Å². The Hall–Kier alpha value is -1.02. The number of halogens is 2. The number of hydrogen-bond donors (Lipinski definition) is 2. The summed E-state index contributed by atoms with van der Waals surface area (Å²) >= 11 is 10.4. The van der Waals surface area contributed by atoms with Crippen LogP contribution in [0.25, 0.3) is 9.40 Å². The zero-order valence-corrected chi connectivity index (χ0v) is 18.2. The van der Waals surface area contributed by atoms with Crippen LogP contribution in [-0.4, -0.2) is 10.2 Å². The van der Waals surface area contributed by atoms with Crippen LogP contribution in [0.1, 0.15) is 33.1 Å². The van der Waals surface area contributed by atoms with Crippen molar-refractivity contribution in [2.45, 2.75) is 12.2 Å². The predicted molar refractivity (Wildman–Crippen MR) is 116 cm³/mol. The Labute approximate surface area is 176 Å². The van der Waals surface area contributed by atoms with Crippen LogP contribution in [0.4, 0.5) is 0 Å². The molecule has 2 aromatic carbocycles. The van der Waals surface area contributed by atoms with Crippen molar-refractivity contribution in [3.63, 3.8) is 0 Å². The summed E-state index contributed by atoms with van der Waals surface area (Å²) < 4.78 is 3.87. The molecule has 0 bridgehead atoms. The first-order valence-corrected chi connectivity index (χ1v) is 11.2. The van der Waals surface area contributed by atoms with E-state index < -0.39 is 12.2 Å². The van der Waals surface area contributed by atoms with E-state index in [1.54, 1.807) is 22.7 Å². The van der Waals surface area contributed by atoms with E-state index in [-0.39, 0.29) is 0 Å². The highest BCUT2D eigenvalue weighted by atomic mass is 79.9. The van der Waals surface area contributed by atoms with E-state index in [0.29, 0.717) is 0 Å². The fraction of sp³-hybridized carbons (Fsp3) is 0.100. The molecular formula is C20H14Br2O2S2. The maximum Gasteiger partial charge on any atom is 0.114 e. The van der Waals surface area contributed by atoms with Crippen LogP contribution in [0.5, 0.6) is 0 Å². The summed E-state index contributed by atoms with van der Waals surface area (Å²) in [5, 5.41) is 21.5. The molecule has 0 saturated carbocycles. The van der Waals surface area contributed by atoms with Gasteiger partial charge >= 0.3 is 0 Å². The van der Waals surface area contributed by atoms with Gasteiger partial charge in [0.2, 0.25) is 0 Å². The first kappa shape index (κ1) is 18.3. The van der Waals surface area contributed by atoms with Crippen molar-refractivity contribution in [2.75, 3.05) is 0 Å². The molecule has 6 heteroatoms. The summed E-state index contributed by atoms with van der Waals surface area (Å²) in [6, 6.07) is 19.3. The third-order valence-electron chi connectivity index (χ3n) is 4.19. The van der Waals surface area contributed by atoms with E-state index in [0.717, 1.165) is 39.2 Å². The Morgan fingerprint density at radius 3 is 1.31 bits per heavy atom. The minimum atomic E-state index is -0.676. The molecule has 0 fully saturated rings. The summed E-state index contributed by atoms with van der Waals surface area (Å²) in [5.74, 6) is 0. The third kappa shape index (κ3) is 3.19. The van der Waals surface area contributed by atoms with Crippen molar-refractivity contribution < 1.29 is 10.2 Å². The number of rotatable bonds is 4. The number of fused-ring (bicyclic) bond motifs is 1. The molecule has 0 saturated heterocycles. The molecule has 0 aliphatic heterocycles. The highest BCUT2D eigenvalue weighted by Gasteiger charge is 2.26. The van der Waals surface area contributed by atoms with Gasteiger partial charge in [-0.25, -0.2) is 0 Å². The molecule has 4 rings (SSSR count). The van der Waals surface area contributed by atoms with E-state index >= 15 is 0 Å². The van der Waals surface area contributed by atoms with E-state index in [1.807, 2.05) is 60.7 Å². The van der Waals surface area contributed by atoms with Crippen LogP contribution in [0.2, 0.25) is 0 Å². The summed E-state index contributed by atoms with van der Waals surface area (Å²) in [6.45, 7) is 0. The van der Waals surface area contributed by atoms with Crippen molar-refractivity contribution >= 4 is 63.9 Å². The van der Waals surface area contributed by atoms with Gasteiger partial charge in [0.1, 0.15) is 12.2 Å². The zero-order chi connectivity index (χ0) is 18.3. The van der Waals surface area contributed by atoms with Gasteiger partial charge in [0.25, 0.3) is 0 Å². The van der Waals surface area contributed by atoms with Crippen LogP contribution in [0.15, 0.2) is 69.6 Å². The monoisotopic (exact) mass is 508 g/mol. The lowest BCUT2D eigenvalue weighted by Crippen LogP contribution is -1.98. The quantitative estimate of drug-likeness (QED) is 0.323. The molecule has 0 spiro atoms. The minimum Gasteiger partial charge on any atom is -0.383 e. The molecule has 2 aromatic heterocycles. The highest BCUT2D eigenvalue weighted by molar-refractivity contribution is 9.11. The fourth-order valence-electron chi connectivity index (χ4n) is 2.84. The number of aliphatic hydroxyl groups excluding tert-OH is 2. The van der Waals surface area contributed by atoms with Gasteiger partial charge in [-0.2, -0.15) is 0 Å². The van der Waals surface area contributed by atoms with Gasteiger partial charge in [0, 0.05) is 0 Å². The summed E-state index contributed by atoms with van der Waals surface area (Å²) in [4.78, 5) is 1.75. The molecular weight excluding hydrogens is 496 g/mol. The Balaban J connectivity index is 1.76. The molecule has 4 aromatic rings. The normalized spacial score (nSPS) is 13.8. The van der Waals surface area contributed by atoms with E-state index in [1.165, 1.54) is 0 Å². The molecule has 0 radical (unpaired) electrons. The molecule has 132 valence electrons. The smallest absolute Gasteiger partial charge is 0.114 e. The van der Waals surface area contributed by atoms with E-state index in [4.69, 9.17) is 0 Å².